The van der Waals surface area contributed by atoms with Crippen molar-refractivity contribution in [2.75, 3.05) is 0 Å². The summed E-state index contributed by atoms with van der Waals surface area (Å²) in [6, 6.07) is 5.64. The van der Waals surface area contributed by atoms with Gasteiger partial charge in [0.2, 0.25) is 0 Å². The normalized spacial score (nSPS) is 20.6. The van der Waals surface area contributed by atoms with Crippen LogP contribution in [-0.4, -0.2) is 5.11 Å². The van der Waals surface area contributed by atoms with Gasteiger partial charge in [-0.15, -0.1) is 0 Å². The summed E-state index contributed by atoms with van der Waals surface area (Å²) in [6.45, 7) is 1.85. The van der Waals surface area contributed by atoms with Gasteiger partial charge in [-0.2, -0.15) is 0 Å². The number of halogens is 2. The van der Waals surface area contributed by atoms with E-state index in [4.69, 9.17) is 11.6 Å². The smallest absolute Gasteiger partial charge is 0.0910 e. The van der Waals surface area contributed by atoms with Gasteiger partial charge in [-0.3, -0.25) is 0 Å². The Hall–Kier alpha value is -0.0500. The lowest BCUT2D eigenvalue weighted by Crippen LogP contribution is -2.24. The van der Waals surface area contributed by atoms with Gasteiger partial charge in [-0.25, -0.2) is 0 Å². The summed E-state index contributed by atoms with van der Waals surface area (Å²) in [5, 5.41) is 10.9. The minimum atomic E-state index is -0.766. The Morgan fingerprint density at radius 3 is 2.64 bits per heavy atom. The molecule has 2 rings (SSSR count). The first-order valence-electron chi connectivity index (χ1n) is 4.69. The molecular weight excluding hydrogens is 263 g/mol. The molecule has 1 atom stereocenters. The van der Waals surface area contributed by atoms with Crippen molar-refractivity contribution in [1.82, 2.24) is 0 Å². The Balaban J connectivity index is 2.40. The Morgan fingerprint density at radius 2 is 2.14 bits per heavy atom. The van der Waals surface area contributed by atoms with Crippen molar-refractivity contribution >= 4 is 27.5 Å². The average Bonchev–Trinajstić information content (AvgIpc) is 2.84. The van der Waals surface area contributed by atoms with Crippen LogP contribution >= 0.6 is 27.5 Å². The molecule has 1 aliphatic carbocycles. The van der Waals surface area contributed by atoms with Crippen molar-refractivity contribution in [2.24, 2.45) is 5.92 Å². The van der Waals surface area contributed by atoms with E-state index < -0.39 is 5.60 Å². The van der Waals surface area contributed by atoms with E-state index in [-0.39, 0.29) is 0 Å². The van der Waals surface area contributed by atoms with Gasteiger partial charge in [0.15, 0.2) is 0 Å². The standard InChI is InChI=1S/C11H12BrClO/c1-11(14,7-2-3-7)9-5-4-8(12)6-10(9)13/h4-7,14H,2-3H2,1H3. The number of rotatable bonds is 2. The molecule has 3 heteroatoms. The van der Waals surface area contributed by atoms with E-state index in [1.165, 1.54) is 0 Å². The first-order valence-corrected chi connectivity index (χ1v) is 5.87. The number of benzene rings is 1. The minimum Gasteiger partial charge on any atom is -0.385 e. The molecule has 1 saturated carbocycles. The number of hydrogen-bond acceptors (Lipinski definition) is 1. The second-order valence-corrected chi connectivity index (χ2v) is 5.37. The summed E-state index contributed by atoms with van der Waals surface area (Å²) in [5.41, 5.74) is 0.0718. The van der Waals surface area contributed by atoms with Gasteiger partial charge in [-0.1, -0.05) is 33.6 Å². The van der Waals surface area contributed by atoms with Gasteiger partial charge in [0, 0.05) is 15.1 Å². The third kappa shape index (κ3) is 1.83. The molecule has 1 fully saturated rings. The zero-order valence-corrected chi connectivity index (χ0v) is 10.3. The topological polar surface area (TPSA) is 20.2 Å². The Kier molecular flexibility index (Phi) is 2.63. The molecule has 1 aromatic rings. The number of hydrogen-bond donors (Lipinski definition) is 1. The Morgan fingerprint density at radius 1 is 1.50 bits per heavy atom. The highest BCUT2D eigenvalue weighted by atomic mass is 79.9. The van der Waals surface area contributed by atoms with Crippen molar-refractivity contribution < 1.29 is 5.11 Å². The zero-order chi connectivity index (χ0) is 10.3. The second-order valence-electron chi connectivity index (χ2n) is 4.05. The summed E-state index contributed by atoms with van der Waals surface area (Å²) in [7, 11) is 0. The quantitative estimate of drug-likeness (QED) is 0.872. The molecule has 0 radical (unpaired) electrons. The van der Waals surface area contributed by atoms with E-state index in [9.17, 15) is 5.11 Å². The third-order valence-corrected chi connectivity index (χ3v) is 3.65. The SMILES string of the molecule is CC(O)(c1ccc(Br)cc1Cl)C1CC1. The molecule has 14 heavy (non-hydrogen) atoms. The van der Waals surface area contributed by atoms with Crippen molar-refractivity contribution in [3.8, 4) is 0 Å². The highest BCUT2D eigenvalue weighted by Crippen LogP contribution is 2.47. The van der Waals surface area contributed by atoms with Gasteiger partial charge in [0.05, 0.1) is 5.60 Å². The van der Waals surface area contributed by atoms with E-state index in [0.717, 1.165) is 22.9 Å². The zero-order valence-electron chi connectivity index (χ0n) is 7.93. The molecule has 0 bridgehead atoms. The fourth-order valence-corrected chi connectivity index (χ4v) is 2.63. The van der Waals surface area contributed by atoms with Crippen molar-refractivity contribution in [3.05, 3.63) is 33.3 Å². The lowest BCUT2D eigenvalue weighted by Gasteiger charge is -2.24. The molecule has 1 aromatic carbocycles. The molecule has 0 spiro atoms. The van der Waals surface area contributed by atoms with Crippen LogP contribution in [-0.2, 0) is 5.60 Å². The predicted molar refractivity (Wildman–Crippen MR) is 61.4 cm³/mol. The lowest BCUT2D eigenvalue weighted by molar-refractivity contribution is 0.0332. The maximum atomic E-state index is 10.3. The number of aliphatic hydroxyl groups is 1. The highest BCUT2D eigenvalue weighted by Gasteiger charge is 2.42. The van der Waals surface area contributed by atoms with Crippen LogP contribution in [0.2, 0.25) is 5.02 Å². The first-order chi connectivity index (χ1) is 6.51. The van der Waals surface area contributed by atoms with Crippen LogP contribution in [0.15, 0.2) is 22.7 Å². The summed E-state index contributed by atoms with van der Waals surface area (Å²) in [5.74, 6) is 0.376. The fourth-order valence-electron chi connectivity index (χ4n) is 1.77. The van der Waals surface area contributed by atoms with E-state index in [0.29, 0.717) is 10.9 Å². The van der Waals surface area contributed by atoms with E-state index >= 15 is 0 Å². The van der Waals surface area contributed by atoms with Crippen LogP contribution < -0.4 is 0 Å². The summed E-state index contributed by atoms with van der Waals surface area (Å²) in [4.78, 5) is 0. The highest BCUT2D eigenvalue weighted by molar-refractivity contribution is 9.10. The van der Waals surface area contributed by atoms with E-state index in [2.05, 4.69) is 15.9 Å². The van der Waals surface area contributed by atoms with Crippen molar-refractivity contribution in [3.63, 3.8) is 0 Å². The van der Waals surface area contributed by atoms with Crippen LogP contribution in [0.3, 0.4) is 0 Å². The summed E-state index contributed by atoms with van der Waals surface area (Å²) in [6.07, 6.45) is 2.19. The molecule has 1 N–H and O–H groups in total. The lowest BCUT2D eigenvalue weighted by atomic mass is 9.91. The molecule has 0 aliphatic heterocycles. The van der Waals surface area contributed by atoms with Crippen LogP contribution in [0.25, 0.3) is 0 Å². The molecule has 0 saturated heterocycles. The summed E-state index contributed by atoms with van der Waals surface area (Å²) >= 11 is 9.45. The molecular formula is C11H12BrClO. The first kappa shape index (κ1) is 10.5. The van der Waals surface area contributed by atoms with Gasteiger partial charge in [-0.05, 0) is 37.8 Å². The van der Waals surface area contributed by atoms with Crippen LogP contribution in [0, 0.1) is 5.92 Å². The van der Waals surface area contributed by atoms with Crippen molar-refractivity contribution in [2.45, 2.75) is 25.4 Å². The predicted octanol–water partition coefficient (Wildman–Crippen LogP) is 3.72. The maximum Gasteiger partial charge on any atom is 0.0910 e. The third-order valence-electron chi connectivity index (χ3n) is 2.85. The van der Waals surface area contributed by atoms with E-state index in [1.807, 2.05) is 25.1 Å². The monoisotopic (exact) mass is 274 g/mol. The van der Waals surface area contributed by atoms with Crippen LogP contribution in [0.4, 0.5) is 0 Å². The van der Waals surface area contributed by atoms with Gasteiger partial charge >= 0.3 is 0 Å². The fraction of sp³-hybridized carbons (Fsp3) is 0.455. The molecule has 1 unspecified atom stereocenters. The molecule has 0 amide bonds. The largest absolute Gasteiger partial charge is 0.385 e. The van der Waals surface area contributed by atoms with Crippen molar-refractivity contribution in [1.29, 1.82) is 0 Å². The second kappa shape index (κ2) is 3.51. The average molecular weight is 276 g/mol. The molecule has 76 valence electrons. The Labute approximate surface area is 97.2 Å². The maximum absolute atomic E-state index is 10.3. The molecule has 1 aliphatic rings. The van der Waals surface area contributed by atoms with E-state index in [1.54, 1.807) is 0 Å². The van der Waals surface area contributed by atoms with Gasteiger partial charge in [0.25, 0.3) is 0 Å². The molecule has 0 aromatic heterocycles. The van der Waals surface area contributed by atoms with Gasteiger partial charge in [0.1, 0.15) is 0 Å². The Bertz CT molecular complexity index is 358. The van der Waals surface area contributed by atoms with Crippen LogP contribution in [0.1, 0.15) is 25.3 Å². The molecule has 1 nitrogen and oxygen atoms in total. The summed E-state index contributed by atoms with van der Waals surface area (Å²) < 4.78 is 0.942. The van der Waals surface area contributed by atoms with Gasteiger partial charge < -0.3 is 5.11 Å². The minimum absolute atomic E-state index is 0.376. The van der Waals surface area contributed by atoms with Crippen LogP contribution in [0.5, 0.6) is 0 Å². The molecule has 0 heterocycles.